The highest BCUT2D eigenvalue weighted by Crippen LogP contribution is 2.44. The highest BCUT2D eigenvalue weighted by molar-refractivity contribution is 6.15. The van der Waals surface area contributed by atoms with Crippen LogP contribution in [0.5, 0.6) is 11.5 Å². The molecule has 5 rings (SSSR count). The predicted molar refractivity (Wildman–Crippen MR) is 115 cm³/mol. The van der Waals surface area contributed by atoms with Gasteiger partial charge in [-0.3, -0.25) is 19.8 Å². The lowest BCUT2D eigenvalue weighted by atomic mass is 9.93. The number of hydrogen-bond acceptors (Lipinski definition) is 6. The SMILES string of the molecule is Cc1cc2c(c3c1C(=O)/C(=C/c1cccc([N+](=O)[O-])c1)O3)CN(C1CCCCC1)CO2. The van der Waals surface area contributed by atoms with Gasteiger partial charge in [-0.1, -0.05) is 31.4 Å². The Hall–Kier alpha value is -3.19. The topological polar surface area (TPSA) is 81.9 Å². The first-order valence-corrected chi connectivity index (χ1v) is 10.7. The summed E-state index contributed by atoms with van der Waals surface area (Å²) < 4.78 is 12.1. The lowest BCUT2D eigenvalue weighted by molar-refractivity contribution is -0.384. The van der Waals surface area contributed by atoms with E-state index < -0.39 is 4.92 Å². The van der Waals surface area contributed by atoms with Gasteiger partial charge in [-0.25, -0.2) is 0 Å². The normalized spacial score (nSPS) is 20.2. The molecule has 0 radical (unpaired) electrons. The molecule has 2 aromatic carbocycles. The van der Waals surface area contributed by atoms with Crippen molar-refractivity contribution in [2.75, 3.05) is 6.73 Å². The van der Waals surface area contributed by atoms with Gasteiger partial charge < -0.3 is 9.47 Å². The molecular formula is C24H24N2O5. The first-order chi connectivity index (χ1) is 15.0. The summed E-state index contributed by atoms with van der Waals surface area (Å²) in [6.07, 6.45) is 7.69. The van der Waals surface area contributed by atoms with E-state index in [2.05, 4.69) is 4.90 Å². The third-order valence-electron chi connectivity index (χ3n) is 6.42. The highest BCUT2D eigenvalue weighted by Gasteiger charge is 2.36. The minimum Gasteiger partial charge on any atom is -0.478 e. The Labute approximate surface area is 180 Å². The number of carbonyl (C=O) groups excluding carboxylic acids is 1. The number of nitro benzene ring substituents is 1. The lowest BCUT2D eigenvalue weighted by Gasteiger charge is -2.37. The van der Waals surface area contributed by atoms with Crippen molar-refractivity contribution in [1.82, 2.24) is 4.90 Å². The molecule has 0 unspecified atom stereocenters. The minimum atomic E-state index is -0.453. The molecule has 2 aliphatic heterocycles. The second-order valence-corrected chi connectivity index (χ2v) is 8.48. The van der Waals surface area contributed by atoms with Crippen molar-refractivity contribution in [3.8, 4) is 11.5 Å². The molecule has 0 atom stereocenters. The van der Waals surface area contributed by atoms with Gasteiger partial charge >= 0.3 is 0 Å². The van der Waals surface area contributed by atoms with Gasteiger partial charge in [0.15, 0.2) is 5.76 Å². The van der Waals surface area contributed by atoms with Crippen LogP contribution in [0.15, 0.2) is 36.1 Å². The Morgan fingerprint density at radius 2 is 2.00 bits per heavy atom. The van der Waals surface area contributed by atoms with E-state index in [1.165, 1.54) is 44.2 Å². The molecule has 160 valence electrons. The average Bonchev–Trinajstić information content (AvgIpc) is 3.11. The summed E-state index contributed by atoms with van der Waals surface area (Å²) in [6, 6.07) is 8.59. The van der Waals surface area contributed by atoms with Gasteiger partial charge in [-0.15, -0.1) is 0 Å². The first kappa shape index (κ1) is 19.8. The quantitative estimate of drug-likeness (QED) is 0.395. The summed E-state index contributed by atoms with van der Waals surface area (Å²) in [6.45, 7) is 3.13. The maximum absolute atomic E-state index is 13.1. The molecule has 7 heteroatoms. The molecule has 0 N–H and O–H groups in total. The van der Waals surface area contributed by atoms with Crippen LogP contribution in [0.1, 0.15) is 59.2 Å². The van der Waals surface area contributed by atoms with Crippen molar-refractivity contribution >= 4 is 17.5 Å². The van der Waals surface area contributed by atoms with Crippen LogP contribution in [0, 0.1) is 17.0 Å². The average molecular weight is 420 g/mol. The molecule has 1 aliphatic carbocycles. The number of hydrogen-bond donors (Lipinski definition) is 0. The van der Waals surface area contributed by atoms with Gasteiger partial charge in [0, 0.05) is 24.7 Å². The Balaban J connectivity index is 1.48. The molecule has 2 heterocycles. The molecule has 0 spiro atoms. The zero-order valence-corrected chi connectivity index (χ0v) is 17.4. The van der Waals surface area contributed by atoms with E-state index in [1.54, 1.807) is 18.2 Å². The largest absolute Gasteiger partial charge is 0.478 e. The van der Waals surface area contributed by atoms with E-state index in [0.717, 1.165) is 16.9 Å². The van der Waals surface area contributed by atoms with Crippen molar-refractivity contribution in [3.63, 3.8) is 0 Å². The minimum absolute atomic E-state index is 0.0256. The van der Waals surface area contributed by atoms with E-state index >= 15 is 0 Å². The molecule has 7 nitrogen and oxygen atoms in total. The smallest absolute Gasteiger partial charge is 0.270 e. The Morgan fingerprint density at radius 3 is 2.77 bits per heavy atom. The standard InChI is InChI=1S/C24H24N2O5/c1-15-10-20-19(13-25(14-30-20)17-7-3-2-4-8-17)24-22(15)23(27)21(31-24)12-16-6-5-9-18(11-16)26(28)29/h5-6,9-12,17H,2-4,7-8,13-14H2,1H3/b21-12-. The number of aryl methyl sites for hydroxylation is 1. The third kappa shape index (κ3) is 3.59. The molecule has 0 saturated heterocycles. The van der Waals surface area contributed by atoms with Crippen LogP contribution in [0.4, 0.5) is 5.69 Å². The Morgan fingerprint density at radius 1 is 1.19 bits per heavy atom. The summed E-state index contributed by atoms with van der Waals surface area (Å²) in [7, 11) is 0. The molecule has 3 aliphatic rings. The van der Waals surface area contributed by atoms with Crippen LogP contribution >= 0.6 is 0 Å². The summed E-state index contributed by atoms with van der Waals surface area (Å²) in [5.41, 5.74) is 2.81. The van der Waals surface area contributed by atoms with E-state index in [-0.39, 0.29) is 17.2 Å². The van der Waals surface area contributed by atoms with Crippen LogP contribution in [0.2, 0.25) is 0 Å². The number of benzene rings is 2. The molecule has 0 aromatic heterocycles. The van der Waals surface area contributed by atoms with Crippen LogP contribution in [0.3, 0.4) is 0 Å². The fourth-order valence-electron chi connectivity index (χ4n) is 4.81. The molecule has 1 fully saturated rings. The van der Waals surface area contributed by atoms with Gasteiger partial charge in [0.05, 0.1) is 16.1 Å². The van der Waals surface area contributed by atoms with Gasteiger partial charge in [0.2, 0.25) is 5.78 Å². The van der Waals surface area contributed by atoms with Crippen molar-refractivity contribution in [3.05, 3.63) is 68.5 Å². The highest BCUT2D eigenvalue weighted by atomic mass is 16.6. The number of non-ortho nitro benzene ring substituents is 1. The monoisotopic (exact) mass is 420 g/mol. The fourth-order valence-corrected chi connectivity index (χ4v) is 4.81. The zero-order valence-electron chi connectivity index (χ0n) is 17.4. The van der Waals surface area contributed by atoms with E-state index in [4.69, 9.17) is 9.47 Å². The van der Waals surface area contributed by atoms with E-state index in [9.17, 15) is 14.9 Å². The Bertz CT molecular complexity index is 1100. The number of ketones is 1. The third-order valence-corrected chi connectivity index (χ3v) is 6.42. The van der Waals surface area contributed by atoms with Gasteiger partial charge in [0.25, 0.3) is 5.69 Å². The zero-order chi connectivity index (χ0) is 21.5. The number of allylic oxidation sites excluding steroid dienone is 1. The number of Topliss-reactive ketones (excluding diaryl/α,β-unsaturated/α-hetero) is 1. The maximum atomic E-state index is 13.1. The fraction of sp³-hybridized carbons (Fsp3) is 0.375. The molecule has 2 aromatic rings. The second-order valence-electron chi connectivity index (χ2n) is 8.48. The van der Waals surface area contributed by atoms with E-state index in [0.29, 0.717) is 36.2 Å². The summed E-state index contributed by atoms with van der Waals surface area (Å²) in [5.74, 6) is 1.32. The van der Waals surface area contributed by atoms with Crippen molar-refractivity contribution in [2.24, 2.45) is 0 Å². The first-order valence-electron chi connectivity index (χ1n) is 10.7. The van der Waals surface area contributed by atoms with Crippen molar-refractivity contribution in [2.45, 2.75) is 51.6 Å². The van der Waals surface area contributed by atoms with Crippen LogP contribution in [-0.4, -0.2) is 28.4 Å². The molecule has 1 saturated carbocycles. The van der Waals surface area contributed by atoms with Gasteiger partial charge in [-0.2, -0.15) is 0 Å². The number of carbonyl (C=O) groups is 1. The number of nitrogens with zero attached hydrogens (tertiary/aromatic N) is 2. The molecule has 0 amide bonds. The lowest BCUT2D eigenvalue weighted by Crippen LogP contribution is -2.41. The van der Waals surface area contributed by atoms with Crippen molar-refractivity contribution in [1.29, 1.82) is 0 Å². The second kappa shape index (κ2) is 7.81. The van der Waals surface area contributed by atoms with Gasteiger partial charge in [0.1, 0.15) is 18.2 Å². The predicted octanol–water partition coefficient (Wildman–Crippen LogP) is 5.00. The molecule has 0 bridgehead atoms. The number of nitro groups is 1. The maximum Gasteiger partial charge on any atom is 0.270 e. The van der Waals surface area contributed by atoms with Gasteiger partial charge in [-0.05, 0) is 43.0 Å². The number of rotatable bonds is 3. The van der Waals surface area contributed by atoms with Crippen LogP contribution < -0.4 is 9.47 Å². The van der Waals surface area contributed by atoms with Crippen LogP contribution in [0.25, 0.3) is 6.08 Å². The van der Waals surface area contributed by atoms with E-state index in [1.807, 2.05) is 13.0 Å². The molecular weight excluding hydrogens is 396 g/mol. The summed E-state index contributed by atoms with van der Waals surface area (Å²) in [4.78, 5) is 26.1. The number of ether oxygens (including phenoxy) is 2. The van der Waals surface area contributed by atoms with Crippen LogP contribution in [-0.2, 0) is 6.54 Å². The Kier molecular flexibility index (Phi) is 4.98. The molecule has 31 heavy (non-hydrogen) atoms. The number of fused-ring (bicyclic) bond motifs is 3. The summed E-state index contributed by atoms with van der Waals surface area (Å²) >= 11 is 0. The summed E-state index contributed by atoms with van der Waals surface area (Å²) in [5, 5.41) is 11.1. The van der Waals surface area contributed by atoms with Crippen molar-refractivity contribution < 1.29 is 19.2 Å².